The van der Waals surface area contributed by atoms with Gasteiger partial charge in [0.05, 0.1) is 17.6 Å². The zero-order valence-electron chi connectivity index (χ0n) is 18.6. The van der Waals surface area contributed by atoms with Crippen molar-refractivity contribution in [3.05, 3.63) is 88.2 Å². The van der Waals surface area contributed by atoms with E-state index in [2.05, 4.69) is 68.7 Å². The third-order valence-electron chi connectivity index (χ3n) is 5.79. The number of nitrogens with zero attached hydrogens (tertiary/aromatic N) is 5. The van der Waals surface area contributed by atoms with Crippen molar-refractivity contribution in [1.82, 2.24) is 14.9 Å². The predicted octanol–water partition coefficient (Wildman–Crippen LogP) is 3.35. The normalized spacial score (nSPS) is 14.4. The Morgan fingerprint density at radius 3 is 2.15 bits per heavy atom. The highest BCUT2D eigenvalue weighted by atomic mass is 16.6. The van der Waals surface area contributed by atoms with Gasteiger partial charge in [0.2, 0.25) is 11.6 Å². The first kappa shape index (κ1) is 22.6. The van der Waals surface area contributed by atoms with E-state index in [0.29, 0.717) is 32.1 Å². The average molecular weight is 449 g/mol. The van der Waals surface area contributed by atoms with Crippen molar-refractivity contribution in [3.63, 3.8) is 0 Å². The van der Waals surface area contributed by atoms with Gasteiger partial charge in [-0.05, 0) is 11.1 Å². The van der Waals surface area contributed by atoms with Gasteiger partial charge >= 0.3 is 5.69 Å². The molecule has 9 heteroatoms. The molecule has 1 N–H and O–H groups in total. The van der Waals surface area contributed by atoms with Crippen LogP contribution in [0.3, 0.4) is 0 Å². The minimum absolute atomic E-state index is 0.0929. The van der Waals surface area contributed by atoms with Crippen LogP contribution >= 0.6 is 0 Å². The van der Waals surface area contributed by atoms with E-state index in [4.69, 9.17) is 4.74 Å². The van der Waals surface area contributed by atoms with E-state index in [-0.39, 0.29) is 17.5 Å². The van der Waals surface area contributed by atoms with E-state index in [1.807, 2.05) is 17.0 Å². The molecule has 0 atom stereocenters. The zero-order valence-corrected chi connectivity index (χ0v) is 18.6. The van der Waals surface area contributed by atoms with Crippen molar-refractivity contribution in [2.75, 3.05) is 56.7 Å². The molecule has 172 valence electrons. The second-order valence-corrected chi connectivity index (χ2v) is 7.82. The van der Waals surface area contributed by atoms with E-state index in [9.17, 15) is 10.1 Å². The van der Waals surface area contributed by atoms with Crippen molar-refractivity contribution >= 4 is 17.3 Å². The van der Waals surface area contributed by atoms with Crippen molar-refractivity contribution in [2.24, 2.45) is 0 Å². The summed E-state index contributed by atoms with van der Waals surface area (Å²) in [5, 5.41) is 14.9. The maximum atomic E-state index is 11.9. The first-order chi connectivity index (χ1) is 16.2. The lowest BCUT2D eigenvalue weighted by Crippen LogP contribution is -2.48. The Balaban J connectivity index is 1.54. The van der Waals surface area contributed by atoms with E-state index in [1.54, 1.807) is 7.11 Å². The molecule has 4 rings (SSSR count). The summed E-state index contributed by atoms with van der Waals surface area (Å²) in [7, 11) is 1.58. The molecule has 0 unspecified atom stereocenters. The van der Waals surface area contributed by atoms with Crippen LogP contribution in [0.1, 0.15) is 17.2 Å². The molecule has 1 saturated heterocycles. The van der Waals surface area contributed by atoms with Crippen LogP contribution in [0.25, 0.3) is 0 Å². The number of methoxy groups -OCH3 is 1. The molecule has 1 aliphatic heterocycles. The number of piperazine rings is 1. The second kappa shape index (κ2) is 10.8. The molecule has 0 amide bonds. The lowest BCUT2D eigenvalue weighted by atomic mass is 9.96. The van der Waals surface area contributed by atoms with Gasteiger partial charge in [0.25, 0.3) is 0 Å². The smallest absolute Gasteiger partial charge is 0.353 e. The van der Waals surface area contributed by atoms with Gasteiger partial charge in [0.1, 0.15) is 6.33 Å². The molecule has 0 aliphatic carbocycles. The van der Waals surface area contributed by atoms with E-state index in [0.717, 1.165) is 13.1 Å². The van der Waals surface area contributed by atoms with Crippen molar-refractivity contribution in [1.29, 1.82) is 0 Å². The van der Waals surface area contributed by atoms with Crippen molar-refractivity contribution < 1.29 is 9.66 Å². The van der Waals surface area contributed by atoms with Gasteiger partial charge < -0.3 is 15.0 Å². The quantitative estimate of drug-likeness (QED) is 0.302. The Kier molecular flexibility index (Phi) is 7.43. The fraction of sp³-hybridized carbons (Fsp3) is 0.333. The van der Waals surface area contributed by atoms with Crippen LogP contribution in [-0.4, -0.2) is 66.2 Å². The summed E-state index contributed by atoms with van der Waals surface area (Å²) in [6.45, 7) is 3.62. The third kappa shape index (κ3) is 5.27. The molecule has 0 spiro atoms. The SMILES string of the molecule is COCCNc1ncnc(N2CCN(C(c3ccccc3)c3ccccc3)CC2)c1[N+](=O)[O-]. The molecule has 33 heavy (non-hydrogen) atoms. The number of aromatic nitrogens is 2. The molecule has 2 heterocycles. The van der Waals surface area contributed by atoms with Gasteiger partial charge in [0.15, 0.2) is 0 Å². The fourth-order valence-corrected chi connectivity index (χ4v) is 4.25. The summed E-state index contributed by atoms with van der Waals surface area (Å²) in [6, 6.07) is 21.0. The molecule has 0 radical (unpaired) electrons. The standard InChI is InChI=1S/C24H28N6O3/c1-33-17-12-25-23-22(30(31)32)24(27-18-26-23)29-15-13-28(14-16-29)21(19-8-4-2-5-9-19)20-10-6-3-7-11-20/h2-11,18,21H,12-17H2,1H3,(H,25,26,27). The summed E-state index contributed by atoms with van der Waals surface area (Å²) in [5.41, 5.74) is 2.37. The number of nitro groups is 1. The lowest BCUT2D eigenvalue weighted by Gasteiger charge is -2.40. The Bertz CT molecular complexity index is 1000. The van der Waals surface area contributed by atoms with Crippen LogP contribution < -0.4 is 10.2 Å². The summed E-state index contributed by atoms with van der Waals surface area (Å²) >= 11 is 0. The highest BCUT2D eigenvalue weighted by Crippen LogP contribution is 2.34. The Morgan fingerprint density at radius 1 is 1.00 bits per heavy atom. The van der Waals surface area contributed by atoms with Crippen molar-refractivity contribution in [3.8, 4) is 0 Å². The van der Waals surface area contributed by atoms with Gasteiger partial charge in [-0.1, -0.05) is 60.7 Å². The first-order valence-corrected chi connectivity index (χ1v) is 11.0. The lowest BCUT2D eigenvalue weighted by molar-refractivity contribution is -0.383. The van der Waals surface area contributed by atoms with Gasteiger partial charge in [-0.3, -0.25) is 15.0 Å². The highest BCUT2D eigenvalue weighted by molar-refractivity contribution is 5.70. The summed E-state index contributed by atoms with van der Waals surface area (Å²) in [6.07, 6.45) is 1.38. The van der Waals surface area contributed by atoms with Crippen LogP contribution in [0.4, 0.5) is 17.3 Å². The molecular weight excluding hydrogens is 420 g/mol. The molecule has 1 fully saturated rings. The van der Waals surface area contributed by atoms with Crippen LogP contribution in [0.5, 0.6) is 0 Å². The highest BCUT2D eigenvalue weighted by Gasteiger charge is 2.31. The second-order valence-electron chi connectivity index (χ2n) is 7.82. The van der Waals surface area contributed by atoms with Crippen LogP contribution in [-0.2, 0) is 4.74 Å². The molecule has 0 saturated carbocycles. The van der Waals surface area contributed by atoms with E-state index in [1.165, 1.54) is 17.5 Å². The molecule has 3 aromatic rings. The summed E-state index contributed by atoms with van der Waals surface area (Å²) in [4.78, 5) is 24.2. The Morgan fingerprint density at radius 2 is 1.61 bits per heavy atom. The molecule has 1 aliphatic rings. The summed E-state index contributed by atoms with van der Waals surface area (Å²) in [5.74, 6) is 0.571. The number of nitrogens with one attached hydrogen (secondary N) is 1. The van der Waals surface area contributed by atoms with E-state index >= 15 is 0 Å². The van der Waals surface area contributed by atoms with Crippen LogP contribution in [0, 0.1) is 10.1 Å². The topological polar surface area (TPSA) is 96.7 Å². The Hall–Kier alpha value is -3.56. The van der Waals surface area contributed by atoms with Gasteiger partial charge in [-0.15, -0.1) is 0 Å². The minimum atomic E-state index is -0.409. The number of hydrogen-bond donors (Lipinski definition) is 1. The molecular formula is C24H28N6O3. The number of benzene rings is 2. The number of ether oxygens (including phenoxy) is 1. The van der Waals surface area contributed by atoms with Crippen LogP contribution in [0.15, 0.2) is 67.0 Å². The van der Waals surface area contributed by atoms with Gasteiger partial charge in [-0.25, -0.2) is 9.97 Å². The zero-order chi connectivity index (χ0) is 23.0. The summed E-state index contributed by atoms with van der Waals surface area (Å²) < 4.78 is 5.03. The largest absolute Gasteiger partial charge is 0.383 e. The maximum absolute atomic E-state index is 11.9. The first-order valence-electron chi connectivity index (χ1n) is 11.0. The number of rotatable bonds is 9. The fourth-order valence-electron chi connectivity index (χ4n) is 4.25. The van der Waals surface area contributed by atoms with E-state index < -0.39 is 4.92 Å². The number of hydrogen-bond acceptors (Lipinski definition) is 8. The minimum Gasteiger partial charge on any atom is -0.383 e. The maximum Gasteiger partial charge on any atom is 0.353 e. The molecule has 1 aromatic heterocycles. The third-order valence-corrected chi connectivity index (χ3v) is 5.79. The monoisotopic (exact) mass is 448 g/mol. The van der Waals surface area contributed by atoms with Gasteiger partial charge in [-0.2, -0.15) is 0 Å². The van der Waals surface area contributed by atoms with Crippen LogP contribution in [0.2, 0.25) is 0 Å². The Labute approximate surface area is 193 Å². The molecule has 0 bridgehead atoms. The molecule has 9 nitrogen and oxygen atoms in total. The van der Waals surface area contributed by atoms with Crippen molar-refractivity contribution in [2.45, 2.75) is 6.04 Å². The van der Waals surface area contributed by atoms with Gasteiger partial charge in [0, 0.05) is 39.8 Å². The average Bonchev–Trinajstić information content (AvgIpc) is 2.86. The molecule has 2 aromatic carbocycles. The number of anilines is 2. The predicted molar refractivity (Wildman–Crippen MR) is 128 cm³/mol.